The molecule has 1 amide bonds. The molecule has 0 aliphatic heterocycles. The number of amides is 1. The Morgan fingerprint density at radius 3 is 2.59 bits per heavy atom. The maximum absolute atomic E-state index is 12.2. The predicted molar refractivity (Wildman–Crippen MR) is 106 cm³/mol. The second kappa shape index (κ2) is 7.41. The summed E-state index contributed by atoms with van der Waals surface area (Å²) in [5, 5.41) is 15.8. The summed E-state index contributed by atoms with van der Waals surface area (Å²) in [6.45, 7) is 0.173. The van der Waals surface area contributed by atoms with Crippen LogP contribution in [-0.4, -0.2) is 29.8 Å². The molecule has 4 heteroatoms. The number of carbonyl (C=O) groups is 1. The fourth-order valence-electron chi connectivity index (χ4n) is 3.66. The van der Waals surface area contributed by atoms with E-state index in [1.807, 2.05) is 60.7 Å². The van der Waals surface area contributed by atoms with Gasteiger partial charge in [0.25, 0.3) is 5.91 Å². The van der Waals surface area contributed by atoms with Crippen molar-refractivity contribution in [2.24, 2.45) is 0 Å². The molecule has 0 bridgehead atoms. The monoisotopic (exact) mass is 361 g/mol. The smallest absolute Gasteiger partial charge is 0.258 e. The van der Waals surface area contributed by atoms with Crippen molar-refractivity contribution in [3.8, 4) is 5.75 Å². The van der Waals surface area contributed by atoms with Crippen molar-refractivity contribution >= 4 is 16.7 Å². The van der Waals surface area contributed by atoms with Crippen molar-refractivity contribution < 1.29 is 14.6 Å². The number of fused-ring (bicyclic) bond motifs is 2. The summed E-state index contributed by atoms with van der Waals surface area (Å²) in [6, 6.07) is 21.9. The standard InChI is InChI=1S/C23H23NO3/c25-22(15-27-21-10-9-17-5-1-3-7-19(17)13-21)24-16-23(26)12-11-18-6-2-4-8-20(18)14-23/h1-10,13,26H,11-12,14-16H2,(H,24,25)/t23-/m0/s1. The van der Waals surface area contributed by atoms with Crippen molar-refractivity contribution in [3.05, 3.63) is 77.9 Å². The first-order valence-corrected chi connectivity index (χ1v) is 9.29. The van der Waals surface area contributed by atoms with Crippen molar-refractivity contribution in [1.29, 1.82) is 0 Å². The average Bonchev–Trinajstić information content (AvgIpc) is 2.70. The van der Waals surface area contributed by atoms with E-state index >= 15 is 0 Å². The van der Waals surface area contributed by atoms with E-state index in [0.717, 1.165) is 22.8 Å². The van der Waals surface area contributed by atoms with Gasteiger partial charge in [0.05, 0.1) is 5.60 Å². The summed E-state index contributed by atoms with van der Waals surface area (Å²) in [5.74, 6) is 0.435. The molecule has 1 aliphatic rings. The third-order valence-electron chi connectivity index (χ3n) is 5.20. The number of benzene rings is 3. The number of aryl methyl sites for hydroxylation is 1. The Morgan fingerprint density at radius 2 is 1.74 bits per heavy atom. The highest BCUT2D eigenvalue weighted by Gasteiger charge is 2.32. The zero-order chi connectivity index (χ0) is 18.7. The van der Waals surface area contributed by atoms with Gasteiger partial charge in [-0.1, -0.05) is 54.6 Å². The minimum atomic E-state index is -0.896. The summed E-state index contributed by atoms with van der Waals surface area (Å²) in [5.41, 5.74) is 1.55. The number of hydrogen-bond acceptors (Lipinski definition) is 3. The van der Waals surface area contributed by atoms with Crippen molar-refractivity contribution in [3.63, 3.8) is 0 Å². The highest BCUT2D eigenvalue weighted by atomic mass is 16.5. The Kier molecular flexibility index (Phi) is 4.82. The molecule has 0 aromatic heterocycles. The van der Waals surface area contributed by atoms with Gasteiger partial charge in [0.1, 0.15) is 5.75 Å². The summed E-state index contributed by atoms with van der Waals surface area (Å²) >= 11 is 0. The number of aliphatic hydroxyl groups is 1. The molecule has 4 rings (SSSR count). The molecule has 0 fully saturated rings. The molecule has 3 aromatic rings. The minimum Gasteiger partial charge on any atom is -0.484 e. The number of rotatable bonds is 5. The van der Waals surface area contributed by atoms with Crippen LogP contribution in [0.15, 0.2) is 66.7 Å². The molecule has 138 valence electrons. The largest absolute Gasteiger partial charge is 0.484 e. The summed E-state index contributed by atoms with van der Waals surface area (Å²) in [6.07, 6.45) is 2.04. The van der Waals surface area contributed by atoms with E-state index < -0.39 is 5.60 Å². The molecule has 0 heterocycles. The lowest BCUT2D eigenvalue weighted by molar-refractivity contribution is -0.124. The van der Waals surface area contributed by atoms with E-state index in [2.05, 4.69) is 11.4 Å². The molecule has 1 atom stereocenters. The van der Waals surface area contributed by atoms with Gasteiger partial charge in [0.2, 0.25) is 0 Å². The summed E-state index contributed by atoms with van der Waals surface area (Å²) in [7, 11) is 0. The number of ether oxygens (including phenoxy) is 1. The quantitative estimate of drug-likeness (QED) is 0.733. The summed E-state index contributed by atoms with van der Waals surface area (Å²) in [4.78, 5) is 12.2. The molecule has 2 N–H and O–H groups in total. The van der Waals surface area contributed by atoms with Crippen molar-refractivity contribution in [2.75, 3.05) is 13.2 Å². The predicted octanol–water partition coefficient (Wildman–Crippen LogP) is 3.25. The molecule has 4 nitrogen and oxygen atoms in total. The molecule has 27 heavy (non-hydrogen) atoms. The van der Waals surface area contributed by atoms with E-state index in [0.29, 0.717) is 18.6 Å². The SMILES string of the molecule is O=C(COc1ccc2ccccc2c1)NC[C@]1(O)CCc2ccccc2C1. The Hall–Kier alpha value is -2.85. The summed E-state index contributed by atoms with van der Waals surface area (Å²) < 4.78 is 5.61. The number of nitrogens with one attached hydrogen (secondary N) is 1. The third kappa shape index (κ3) is 4.12. The van der Waals surface area contributed by atoms with Crippen LogP contribution in [-0.2, 0) is 17.6 Å². The van der Waals surface area contributed by atoms with Crippen LogP contribution in [0, 0.1) is 0 Å². The number of hydrogen-bond donors (Lipinski definition) is 2. The van der Waals surface area contributed by atoms with Crippen LogP contribution in [0.1, 0.15) is 17.5 Å². The molecule has 0 unspecified atom stereocenters. The molecule has 1 aliphatic carbocycles. The van der Waals surface area contributed by atoms with Gasteiger partial charge in [0.15, 0.2) is 6.61 Å². The highest BCUT2D eigenvalue weighted by molar-refractivity contribution is 5.84. The Bertz CT molecular complexity index is 969. The third-order valence-corrected chi connectivity index (χ3v) is 5.20. The van der Waals surface area contributed by atoms with Gasteiger partial charge in [-0.05, 0) is 46.9 Å². The molecule has 0 saturated heterocycles. The van der Waals surface area contributed by atoms with E-state index in [1.165, 1.54) is 5.56 Å². The van der Waals surface area contributed by atoms with Crippen molar-refractivity contribution in [2.45, 2.75) is 24.9 Å². The van der Waals surface area contributed by atoms with Gasteiger partial charge in [0, 0.05) is 13.0 Å². The fourth-order valence-corrected chi connectivity index (χ4v) is 3.66. The van der Waals surface area contributed by atoms with Gasteiger partial charge in [-0.25, -0.2) is 0 Å². The second-order valence-corrected chi connectivity index (χ2v) is 7.24. The van der Waals surface area contributed by atoms with Crippen molar-refractivity contribution in [1.82, 2.24) is 5.32 Å². The molecule has 0 saturated carbocycles. The zero-order valence-corrected chi connectivity index (χ0v) is 15.2. The van der Waals surface area contributed by atoms with Crippen LogP contribution in [0.2, 0.25) is 0 Å². The molecule has 0 radical (unpaired) electrons. The normalized spacial score (nSPS) is 18.7. The van der Waals surface area contributed by atoms with E-state index in [9.17, 15) is 9.90 Å². The highest BCUT2D eigenvalue weighted by Crippen LogP contribution is 2.28. The maximum Gasteiger partial charge on any atom is 0.258 e. The molecule has 3 aromatic carbocycles. The lowest BCUT2D eigenvalue weighted by atomic mass is 9.80. The molecule has 0 spiro atoms. The van der Waals surface area contributed by atoms with Gasteiger partial charge in [-0.15, -0.1) is 0 Å². The maximum atomic E-state index is 12.2. The van der Waals surface area contributed by atoms with E-state index in [1.54, 1.807) is 0 Å². The Balaban J connectivity index is 1.30. The zero-order valence-electron chi connectivity index (χ0n) is 15.2. The van der Waals surface area contributed by atoms with Gasteiger partial charge >= 0.3 is 0 Å². The fraction of sp³-hybridized carbons (Fsp3) is 0.261. The van der Waals surface area contributed by atoms with Crippen LogP contribution in [0.25, 0.3) is 10.8 Å². The second-order valence-electron chi connectivity index (χ2n) is 7.24. The minimum absolute atomic E-state index is 0.0645. The first-order valence-electron chi connectivity index (χ1n) is 9.29. The van der Waals surface area contributed by atoms with Crippen LogP contribution in [0.4, 0.5) is 0 Å². The van der Waals surface area contributed by atoms with E-state index in [-0.39, 0.29) is 19.1 Å². The lowest BCUT2D eigenvalue weighted by Gasteiger charge is -2.33. The Morgan fingerprint density at radius 1 is 1.00 bits per heavy atom. The van der Waals surface area contributed by atoms with Crippen LogP contribution in [0.3, 0.4) is 0 Å². The van der Waals surface area contributed by atoms with Crippen LogP contribution < -0.4 is 10.1 Å². The lowest BCUT2D eigenvalue weighted by Crippen LogP contribution is -2.47. The van der Waals surface area contributed by atoms with Gasteiger partial charge in [-0.2, -0.15) is 0 Å². The van der Waals surface area contributed by atoms with Crippen LogP contribution in [0.5, 0.6) is 5.75 Å². The Labute approximate surface area is 158 Å². The van der Waals surface area contributed by atoms with Crippen LogP contribution >= 0.6 is 0 Å². The number of carbonyl (C=O) groups excluding carboxylic acids is 1. The van der Waals surface area contributed by atoms with E-state index in [4.69, 9.17) is 4.74 Å². The molecular weight excluding hydrogens is 338 g/mol. The topological polar surface area (TPSA) is 58.6 Å². The molecular formula is C23H23NO3. The first kappa shape index (κ1) is 17.6. The van der Waals surface area contributed by atoms with Gasteiger partial charge in [-0.3, -0.25) is 4.79 Å². The average molecular weight is 361 g/mol. The van der Waals surface area contributed by atoms with Gasteiger partial charge < -0.3 is 15.2 Å². The first-order chi connectivity index (χ1) is 13.1.